The number of allylic oxidation sites excluding steroid dienone is 1. The van der Waals surface area contributed by atoms with E-state index in [0.29, 0.717) is 17.0 Å². The minimum atomic E-state index is -0.216. The molecular weight excluding hydrogens is 230 g/mol. The molecule has 2 amide bonds. The van der Waals surface area contributed by atoms with E-state index in [0.717, 1.165) is 6.42 Å². The number of carbonyl (C=O) groups is 2. The number of imide groups is 1. The number of carbonyl (C=O) groups excluding carboxylic acids is 2. The Kier molecular flexibility index (Phi) is 3.46. The van der Waals surface area contributed by atoms with Crippen LogP contribution in [0.1, 0.15) is 19.8 Å². The number of rotatable bonds is 3. The van der Waals surface area contributed by atoms with Crippen molar-refractivity contribution in [2.45, 2.75) is 19.8 Å². The normalized spacial score (nSPS) is 17.7. The summed E-state index contributed by atoms with van der Waals surface area (Å²) in [5.74, 6) is 0.305. The summed E-state index contributed by atoms with van der Waals surface area (Å²) < 4.78 is 5.05. The van der Waals surface area contributed by atoms with Gasteiger partial charge in [0.05, 0.1) is 19.2 Å². The van der Waals surface area contributed by atoms with Gasteiger partial charge in [-0.2, -0.15) is 0 Å². The van der Waals surface area contributed by atoms with Gasteiger partial charge in [0.2, 0.25) is 5.91 Å². The van der Waals surface area contributed by atoms with Gasteiger partial charge in [-0.25, -0.2) is 4.90 Å². The van der Waals surface area contributed by atoms with Crippen molar-refractivity contribution < 1.29 is 14.3 Å². The Morgan fingerprint density at radius 3 is 2.50 bits per heavy atom. The zero-order valence-corrected chi connectivity index (χ0v) is 10.5. The van der Waals surface area contributed by atoms with Crippen LogP contribution in [0.2, 0.25) is 0 Å². The molecule has 2 rings (SSSR count). The Morgan fingerprint density at radius 1 is 1.28 bits per heavy atom. The van der Waals surface area contributed by atoms with Crippen LogP contribution in [0, 0.1) is 0 Å². The first kappa shape index (κ1) is 12.4. The van der Waals surface area contributed by atoms with E-state index >= 15 is 0 Å². The summed E-state index contributed by atoms with van der Waals surface area (Å²) in [6.07, 6.45) is 2.76. The fourth-order valence-electron chi connectivity index (χ4n) is 1.97. The highest BCUT2D eigenvalue weighted by atomic mass is 16.5. The third kappa shape index (κ3) is 2.14. The Hall–Kier alpha value is -2.10. The van der Waals surface area contributed by atoms with Crippen LogP contribution < -0.4 is 9.64 Å². The molecule has 1 saturated heterocycles. The van der Waals surface area contributed by atoms with E-state index in [1.807, 2.05) is 13.0 Å². The summed E-state index contributed by atoms with van der Waals surface area (Å²) in [5, 5.41) is 0. The molecule has 0 atom stereocenters. The molecule has 0 spiro atoms. The largest absolute Gasteiger partial charge is 0.497 e. The molecular formula is C14H15NO3. The summed E-state index contributed by atoms with van der Waals surface area (Å²) >= 11 is 0. The highest BCUT2D eigenvalue weighted by Crippen LogP contribution is 2.27. The molecule has 4 heteroatoms. The monoisotopic (exact) mass is 245 g/mol. The minimum Gasteiger partial charge on any atom is -0.497 e. The third-order valence-corrected chi connectivity index (χ3v) is 2.85. The summed E-state index contributed by atoms with van der Waals surface area (Å²) in [7, 11) is 1.57. The fraction of sp³-hybridized carbons (Fsp3) is 0.286. The van der Waals surface area contributed by atoms with E-state index in [9.17, 15) is 9.59 Å². The number of anilines is 1. The van der Waals surface area contributed by atoms with Crippen LogP contribution in [0.3, 0.4) is 0 Å². The van der Waals surface area contributed by atoms with Gasteiger partial charge >= 0.3 is 0 Å². The Bertz CT molecular complexity index is 502. The van der Waals surface area contributed by atoms with Gasteiger partial charge in [-0.1, -0.05) is 13.0 Å². The number of hydrogen-bond donors (Lipinski definition) is 0. The van der Waals surface area contributed by atoms with Crippen LogP contribution in [0.4, 0.5) is 5.69 Å². The predicted octanol–water partition coefficient (Wildman–Crippen LogP) is 2.29. The van der Waals surface area contributed by atoms with Crippen molar-refractivity contribution in [2.24, 2.45) is 0 Å². The summed E-state index contributed by atoms with van der Waals surface area (Å²) in [5.41, 5.74) is 1.17. The zero-order chi connectivity index (χ0) is 13.1. The quantitative estimate of drug-likeness (QED) is 0.606. The Balaban J connectivity index is 2.30. The average Bonchev–Trinajstić information content (AvgIpc) is 2.65. The second-order valence-electron chi connectivity index (χ2n) is 4.05. The number of methoxy groups -OCH3 is 1. The molecule has 0 aromatic heterocycles. The number of ether oxygens (including phenoxy) is 1. The molecule has 0 saturated carbocycles. The summed E-state index contributed by atoms with van der Waals surface area (Å²) in [4.78, 5) is 25.1. The maximum Gasteiger partial charge on any atom is 0.261 e. The number of amides is 2. The first-order valence-electron chi connectivity index (χ1n) is 5.87. The van der Waals surface area contributed by atoms with Crippen LogP contribution >= 0.6 is 0 Å². The molecule has 1 aliphatic rings. The predicted molar refractivity (Wildman–Crippen MR) is 68.5 cm³/mol. The van der Waals surface area contributed by atoms with Crippen molar-refractivity contribution >= 4 is 17.5 Å². The van der Waals surface area contributed by atoms with Gasteiger partial charge in [-0.15, -0.1) is 0 Å². The van der Waals surface area contributed by atoms with Gasteiger partial charge in [0.1, 0.15) is 5.75 Å². The fourth-order valence-corrected chi connectivity index (χ4v) is 1.97. The SMILES string of the molecule is CC/C=C1/CC(=O)N(c2ccc(OC)cc2)C1=O. The maximum absolute atomic E-state index is 12.1. The lowest BCUT2D eigenvalue weighted by Crippen LogP contribution is -2.28. The first-order valence-corrected chi connectivity index (χ1v) is 5.87. The van der Waals surface area contributed by atoms with E-state index in [4.69, 9.17) is 4.74 Å². The van der Waals surface area contributed by atoms with Crippen molar-refractivity contribution in [1.29, 1.82) is 0 Å². The van der Waals surface area contributed by atoms with Gasteiger partial charge in [-0.3, -0.25) is 9.59 Å². The highest BCUT2D eigenvalue weighted by Gasteiger charge is 2.34. The van der Waals surface area contributed by atoms with E-state index in [1.165, 1.54) is 4.90 Å². The average molecular weight is 245 g/mol. The van der Waals surface area contributed by atoms with Gasteiger partial charge in [0, 0.05) is 5.57 Å². The molecule has 94 valence electrons. The molecule has 0 radical (unpaired) electrons. The van der Waals surface area contributed by atoms with Crippen LogP contribution in [0.15, 0.2) is 35.9 Å². The second-order valence-corrected chi connectivity index (χ2v) is 4.05. The van der Waals surface area contributed by atoms with E-state index in [-0.39, 0.29) is 18.2 Å². The highest BCUT2D eigenvalue weighted by molar-refractivity contribution is 6.28. The van der Waals surface area contributed by atoms with Gasteiger partial charge in [-0.05, 0) is 30.7 Å². The molecule has 1 fully saturated rings. The topological polar surface area (TPSA) is 46.6 Å². The molecule has 4 nitrogen and oxygen atoms in total. The van der Waals surface area contributed by atoms with Crippen molar-refractivity contribution in [2.75, 3.05) is 12.0 Å². The number of benzene rings is 1. The van der Waals surface area contributed by atoms with Crippen molar-refractivity contribution in [3.05, 3.63) is 35.9 Å². The number of hydrogen-bond acceptors (Lipinski definition) is 3. The van der Waals surface area contributed by atoms with E-state index in [2.05, 4.69) is 0 Å². The lowest BCUT2D eigenvalue weighted by molar-refractivity contribution is -0.120. The Morgan fingerprint density at radius 2 is 1.94 bits per heavy atom. The molecule has 18 heavy (non-hydrogen) atoms. The lowest BCUT2D eigenvalue weighted by atomic mass is 10.2. The van der Waals surface area contributed by atoms with Crippen LogP contribution in [0.5, 0.6) is 5.75 Å². The second kappa shape index (κ2) is 5.04. The van der Waals surface area contributed by atoms with Crippen molar-refractivity contribution in [1.82, 2.24) is 0 Å². The molecule has 1 aromatic rings. The minimum absolute atomic E-state index is 0.176. The van der Waals surface area contributed by atoms with Gasteiger partial charge < -0.3 is 4.74 Å². The van der Waals surface area contributed by atoms with Gasteiger partial charge in [0.15, 0.2) is 0 Å². The molecule has 0 unspecified atom stereocenters. The third-order valence-electron chi connectivity index (χ3n) is 2.85. The molecule has 1 aromatic carbocycles. The lowest BCUT2D eigenvalue weighted by Gasteiger charge is -2.13. The summed E-state index contributed by atoms with van der Waals surface area (Å²) in [6, 6.07) is 6.89. The van der Waals surface area contributed by atoms with E-state index in [1.54, 1.807) is 31.4 Å². The Labute approximate surface area is 106 Å². The van der Waals surface area contributed by atoms with E-state index < -0.39 is 0 Å². The molecule has 0 N–H and O–H groups in total. The smallest absolute Gasteiger partial charge is 0.261 e. The molecule has 1 heterocycles. The van der Waals surface area contributed by atoms with Crippen molar-refractivity contribution in [3.63, 3.8) is 0 Å². The summed E-state index contributed by atoms with van der Waals surface area (Å²) in [6.45, 7) is 1.95. The van der Waals surface area contributed by atoms with Gasteiger partial charge in [0.25, 0.3) is 5.91 Å². The van der Waals surface area contributed by atoms with Crippen LogP contribution in [0.25, 0.3) is 0 Å². The molecule has 0 aliphatic carbocycles. The number of nitrogens with zero attached hydrogens (tertiary/aromatic N) is 1. The van der Waals surface area contributed by atoms with Crippen molar-refractivity contribution in [3.8, 4) is 5.75 Å². The zero-order valence-electron chi connectivity index (χ0n) is 10.5. The molecule has 0 bridgehead atoms. The molecule has 1 aliphatic heterocycles. The maximum atomic E-state index is 12.1. The first-order chi connectivity index (χ1) is 8.67. The standard InChI is InChI=1S/C14H15NO3/c1-3-4-10-9-13(16)15(14(10)17)11-5-7-12(18-2)8-6-11/h4-8H,3,9H2,1-2H3/b10-4-. The van der Waals surface area contributed by atoms with Crippen LogP contribution in [-0.2, 0) is 9.59 Å². The van der Waals surface area contributed by atoms with Crippen LogP contribution in [-0.4, -0.2) is 18.9 Å².